The molecule has 0 saturated carbocycles. The molecule has 0 saturated heterocycles. The van der Waals surface area contributed by atoms with Gasteiger partial charge in [0, 0.05) is 46.1 Å². The van der Waals surface area contributed by atoms with Crippen molar-refractivity contribution in [3.05, 3.63) is 67.1 Å². The summed E-state index contributed by atoms with van der Waals surface area (Å²) in [5.74, 6) is 0. The molecule has 0 spiro atoms. The third-order valence-electron chi connectivity index (χ3n) is 8.84. The van der Waals surface area contributed by atoms with E-state index in [9.17, 15) is 0 Å². The van der Waals surface area contributed by atoms with Gasteiger partial charge in [0.1, 0.15) is 24.7 Å². The summed E-state index contributed by atoms with van der Waals surface area (Å²) >= 11 is 0. The summed E-state index contributed by atoms with van der Waals surface area (Å²) in [6, 6.07) is 17.1. The number of nitrogens with zero attached hydrogens (tertiary/aromatic N) is 3. The number of aromatic nitrogens is 3. The van der Waals surface area contributed by atoms with E-state index in [4.69, 9.17) is 19.4 Å². The zero-order valence-corrected chi connectivity index (χ0v) is 27.1. The Morgan fingerprint density at radius 3 is 1.74 bits per heavy atom. The smallest absolute Gasteiger partial charge is 0.144 e. The summed E-state index contributed by atoms with van der Waals surface area (Å²) < 4.78 is 6.68. The van der Waals surface area contributed by atoms with Crippen LogP contribution in [0.2, 0.25) is 36.3 Å². The van der Waals surface area contributed by atoms with Crippen LogP contribution in [0.15, 0.2) is 71.5 Å². The van der Waals surface area contributed by atoms with E-state index in [1.165, 1.54) is 5.19 Å². The van der Waals surface area contributed by atoms with Gasteiger partial charge in [-0.05, 0) is 28.3 Å². The van der Waals surface area contributed by atoms with Crippen molar-refractivity contribution in [3.63, 3.8) is 0 Å². The number of para-hydroxylation sites is 2. The van der Waals surface area contributed by atoms with Crippen molar-refractivity contribution >= 4 is 48.7 Å². The molecule has 6 heteroatoms. The fraction of sp³-hybridized carbons (Fsp3) is 0.364. The van der Waals surface area contributed by atoms with Gasteiger partial charge in [-0.25, -0.2) is 9.97 Å². The molecule has 0 fully saturated rings. The zero-order chi connectivity index (χ0) is 28.4. The molecule has 39 heavy (non-hydrogen) atoms. The topological polar surface area (TPSA) is 51.8 Å². The van der Waals surface area contributed by atoms with Crippen molar-refractivity contribution in [2.24, 2.45) is 0 Å². The van der Waals surface area contributed by atoms with Crippen LogP contribution in [0.3, 0.4) is 0 Å². The third kappa shape index (κ3) is 4.57. The predicted octanol–water partition coefficient (Wildman–Crippen LogP) is 8.54. The van der Waals surface area contributed by atoms with Crippen LogP contribution >= 0.6 is 0 Å². The van der Waals surface area contributed by atoms with Gasteiger partial charge in [-0.2, -0.15) is 0 Å². The standard InChI is InChI=1S/C33H41N3OSi2/c1-32(2,3)39(10,33(4,5)6)31-35-20-22(21-36-31)24-13-11-14-25-26-15-12-16-27(30(26)37-29(24)25)28-19-23(17-18-34-28)38(7,8)9/h11-21H,1-10H3. The molecular weight excluding hydrogens is 511 g/mol. The molecular formula is C33H41N3OSi2. The molecule has 0 atom stereocenters. The first-order valence-corrected chi connectivity index (χ1v) is 19.9. The molecule has 4 nitrogen and oxygen atoms in total. The fourth-order valence-corrected chi connectivity index (χ4v) is 11.2. The van der Waals surface area contributed by atoms with Crippen molar-refractivity contribution in [2.45, 2.75) is 77.8 Å². The van der Waals surface area contributed by atoms with Crippen LogP contribution in [0.5, 0.6) is 0 Å². The molecule has 0 bridgehead atoms. The van der Waals surface area contributed by atoms with Gasteiger partial charge < -0.3 is 4.42 Å². The molecule has 3 heterocycles. The number of hydrogen-bond acceptors (Lipinski definition) is 4. The molecule has 202 valence electrons. The number of hydrogen-bond donors (Lipinski definition) is 0. The number of benzene rings is 2. The van der Waals surface area contributed by atoms with Crippen LogP contribution in [0, 0.1) is 0 Å². The lowest BCUT2D eigenvalue weighted by molar-refractivity contribution is 0.625. The molecule has 0 unspecified atom stereocenters. The molecule has 0 aliphatic rings. The molecule has 3 aromatic heterocycles. The second kappa shape index (κ2) is 9.24. The van der Waals surface area contributed by atoms with E-state index in [1.54, 1.807) is 0 Å². The van der Waals surface area contributed by atoms with Gasteiger partial charge in [-0.15, -0.1) is 0 Å². The normalized spacial score (nSPS) is 13.4. The summed E-state index contributed by atoms with van der Waals surface area (Å²) in [6.07, 6.45) is 5.92. The lowest BCUT2D eigenvalue weighted by Crippen LogP contribution is -2.61. The van der Waals surface area contributed by atoms with Crippen molar-refractivity contribution < 1.29 is 4.42 Å². The van der Waals surface area contributed by atoms with Crippen LogP contribution in [-0.4, -0.2) is 31.1 Å². The highest BCUT2D eigenvalue weighted by molar-refractivity contribution is 6.94. The maximum atomic E-state index is 6.68. The minimum atomic E-state index is -2.05. The van der Waals surface area contributed by atoms with Crippen LogP contribution < -0.4 is 10.6 Å². The van der Waals surface area contributed by atoms with Crippen LogP contribution in [0.4, 0.5) is 0 Å². The molecule has 0 radical (unpaired) electrons. The Labute approximate surface area is 235 Å². The second-order valence-electron chi connectivity index (χ2n) is 14.1. The first kappa shape index (κ1) is 27.5. The Hall–Kier alpha value is -3.10. The Balaban J connectivity index is 1.65. The quantitative estimate of drug-likeness (QED) is 0.210. The second-order valence-corrected chi connectivity index (χ2v) is 24.8. The van der Waals surface area contributed by atoms with Gasteiger partial charge in [0.15, 0.2) is 0 Å². The van der Waals surface area contributed by atoms with Crippen LogP contribution in [-0.2, 0) is 0 Å². The first-order valence-electron chi connectivity index (χ1n) is 13.9. The molecule has 5 rings (SSSR count). The SMILES string of the molecule is CC(C)(C)[Si](C)(c1ncc(-c2cccc3c2oc2c(-c4cc([Si](C)(C)C)ccn4)cccc23)cn1)C(C)(C)C. The van der Waals surface area contributed by atoms with E-state index in [0.29, 0.717) is 0 Å². The minimum absolute atomic E-state index is 0.128. The van der Waals surface area contributed by atoms with E-state index < -0.39 is 16.1 Å². The number of furan rings is 1. The molecule has 0 amide bonds. The number of fused-ring (bicyclic) bond motifs is 3. The van der Waals surface area contributed by atoms with Gasteiger partial charge in [0.25, 0.3) is 0 Å². The van der Waals surface area contributed by atoms with Gasteiger partial charge in [0.05, 0.1) is 13.8 Å². The number of rotatable bonds is 4. The molecule has 0 N–H and O–H groups in total. The highest BCUT2D eigenvalue weighted by Gasteiger charge is 2.52. The van der Waals surface area contributed by atoms with E-state index in [1.807, 2.05) is 18.6 Å². The van der Waals surface area contributed by atoms with E-state index in [-0.39, 0.29) is 10.1 Å². The number of pyridine rings is 1. The summed E-state index contributed by atoms with van der Waals surface area (Å²) in [7, 11) is -3.52. The van der Waals surface area contributed by atoms with Crippen LogP contribution in [0.25, 0.3) is 44.3 Å². The predicted molar refractivity (Wildman–Crippen MR) is 172 cm³/mol. The van der Waals surface area contributed by atoms with Gasteiger partial charge in [-0.3, -0.25) is 4.98 Å². The van der Waals surface area contributed by atoms with Crippen molar-refractivity contribution in [1.29, 1.82) is 0 Å². The summed E-state index contributed by atoms with van der Waals surface area (Å²) in [5, 5.41) is 3.84. The van der Waals surface area contributed by atoms with Crippen LogP contribution in [0.1, 0.15) is 41.5 Å². The fourth-order valence-electron chi connectivity index (χ4n) is 5.81. The maximum absolute atomic E-state index is 6.68. The Morgan fingerprint density at radius 2 is 1.21 bits per heavy atom. The van der Waals surface area contributed by atoms with Crippen molar-refractivity contribution in [2.75, 3.05) is 0 Å². The zero-order valence-electron chi connectivity index (χ0n) is 25.1. The third-order valence-corrected chi connectivity index (χ3v) is 18.0. The largest absolute Gasteiger partial charge is 0.455 e. The molecule has 2 aromatic carbocycles. The van der Waals surface area contributed by atoms with Crippen molar-refractivity contribution in [3.8, 4) is 22.4 Å². The summed E-state index contributed by atoms with van der Waals surface area (Å²) in [6.45, 7) is 23.5. The monoisotopic (exact) mass is 551 g/mol. The van der Waals surface area contributed by atoms with Gasteiger partial charge in [0.2, 0.25) is 0 Å². The maximum Gasteiger partial charge on any atom is 0.144 e. The van der Waals surface area contributed by atoms with Crippen molar-refractivity contribution in [1.82, 2.24) is 15.0 Å². The first-order chi connectivity index (χ1) is 18.1. The van der Waals surface area contributed by atoms with E-state index >= 15 is 0 Å². The molecule has 5 aromatic rings. The molecule has 0 aliphatic heterocycles. The molecule has 0 aliphatic carbocycles. The lowest BCUT2D eigenvalue weighted by Gasteiger charge is -2.47. The Bertz CT molecular complexity index is 1650. The lowest BCUT2D eigenvalue weighted by atomic mass is 10.0. The highest BCUT2D eigenvalue weighted by atomic mass is 28.3. The Kier molecular flexibility index (Phi) is 6.51. The average Bonchev–Trinajstić information content (AvgIpc) is 3.25. The minimum Gasteiger partial charge on any atom is -0.455 e. The van der Waals surface area contributed by atoms with E-state index in [0.717, 1.165) is 49.8 Å². The summed E-state index contributed by atoms with van der Waals surface area (Å²) in [4.78, 5) is 14.8. The van der Waals surface area contributed by atoms with E-state index in [2.05, 4.69) is 116 Å². The summed E-state index contributed by atoms with van der Waals surface area (Å²) in [5.41, 5.74) is 6.73. The van der Waals surface area contributed by atoms with Gasteiger partial charge >= 0.3 is 0 Å². The highest BCUT2D eigenvalue weighted by Crippen LogP contribution is 2.50. The van der Waals surface area contributed by atoms with Gasteiger partial charge in [-0.1, -0.05) is 103 Å². The average molecular weight is 552 g/mol. The Morgan fingerprint density at radius 1 is 0.667 bits per heavy atom.